The Balaban J connectivity index is 0. The second-order valence-corrected chi connectivity index (χ2v) is 2.59. The quantitative estimate of drug-likeness (QED) is 0.530. The van der Waals surface area contributed by atoms with Gasteiger partial charge in [0.05, 0.1) is 0 Å². The van der Waals surface area contributed by atoms with E-state index in [1.165, 1.54) is 0 Å². The fraction of sp³-hybridized carbons (Fsp3) is 1.00. The molecule has 11 heavy (non-hydrogen) atoms. The molecule has 1 rings (SSSR count). The van der Waals surface area contributed by atoms with Crippen molar-refractivity contribution < 1.29 is 4.39 Å². The summed E-state index contributed by atoms with van der Waals surface area (Å²) in [5.41, 5.74) is -0.880. The summed E-state index contributed by atoms with van der Waals surface area (Å²) in [5, 5.41) is 0. The van der Waals surface area contributed by atoms with E-state index >= 15 is 0 Å². The van der Waals surface area contributed by atoms with E-state index in [0.717, 1.165) is 0 Å². The van der Waals surface area contributed by atoms with Crippen molar-refractivity contribution in [2.45, 2.75) is 40.3 Å². The van der Waals surface area contributed by atoms with Crippen molar-refractivity contribution in [3.8, 4) is 0 Å². The second-order valence-electron chi connectivity index (χ2n) is 2.59. The molecule has 0 aliphatic carbocycles. The zero-order valence-electron chi connectivity index (χ0n) is 8.74. The molecule has 1 heterocycles. The van der Waals surface area contributed by atoms with Crippen LogP contribution in [0.5, 0.6) is 0 Å². The topological polar surface area (TPSA) is 3.24 Å². The average molecular weight is 163 g/mol. The van der Waals surface area contributed by atoms with Crippen LogP contribution in [0.3, 0.4) is 0 Å². The lowest BCUT2D eigenvalue weighted by Gasteiger charge is -2.39. The molecular formula is C9H22FN. The van der Waals surface area contributed by atoms with E-state index in [-0.39, 0.29) is 0 Å². The van der Waals surface area contributed by atoms with Gasteiger partial charge >= 0.3 is 0 Å². The summed E-state index contributed by atoms with van der Waals surface area (Å²) in [5.74, 6) is 0. The van der Waals surface area contributed by atoms with Crippen molar-refractivity contribution in [2.24, 2.45) is 0 Å². The van der Waals surface area contributed by atoms with E-state index in [0.29, 0.717) is 13.1 Å². The number of alkyl halides is 1. The van der Waals surface area contributed by atoms with Gasteiger partial charge in [-0.05, 0) is 14.0 Å². The Morgan fingerprint density at radius 2 is 1.36 bits per heavy atom. The third kappa shape index (κ3) is 6.29. The standard InChI is InChI=1S/C5H10FN.2C2H6/c1-5(6)3-7(2)4-5;2*1-2/h3-4H2,1-2H3;2*1-2H3. The summed E-state index contributed by atoms with van der Waals surface area (Å²) in [6, 6.07) is 0. The molecule has 2 heteroatoms. The average Bonchev–Trinajstić information content (AvgIpc) is 1.93. The molecule has 70 valence electrons. The summed E-state index contributed by atoms with van der Waals surface area (Å²) in [6.45, 7) is 10.8. The lowest BCUT2D eigenvalue weighted by atomic mass is 10.0. The minimum atomic E-state index is -0.880. The molecule has 0 bridgehead atoms. The van der Waals surface area contributed by atoms with E-state index in [1.807, 2.05) is 39.6 Å². The number of hydrogen-bond donors (Lipinski definition) is 0. The largest absolute Gasteiger partial charge is 0.300 e. The summed E-state index contributed by atoms with van der Waals surface area (Å²) >= 11 is 0. The molecule has 1 fully saturated rings. The Hall–Kier alpha value is -0.110. The van der Waals surface area contributed by atoms with Crippen LogP contribution < -0.4 is 0 Å². The summed E-state index contributed by atoms with van der Waals surface area (Å²) in [6.07, 6.45) is 0. The number of halogens is 1. The van der Waals surface area contributed by atoms with Crippen LogP contribution in [0.1, 0.15) is 34.6 Å². The molecule has 1 saturated heterocycles. The second kappa shape index (κ2) is 6.59. The van der Waals surface area contributed by atoms with Gasteiger partial charge in [-0.15, -0.1) is 0 Å². The third-order valence-corrected chi connectivity index (χ3v) is 1.20. The molecule has 1 aliphatic heterocycles. The summed E-state index contributed by atoms with van der Waals surface area (Å²) in [7, 11) is 1.92. The van der Waals surface area contributed by atoms with Crippen LogP contribution in [-0.4, -0.2) is 30.7 Å². The van der Waals surface area contributed by atoms with Crippen molar-refractivity contribution in [3.63, 3.8) is 0 Å². The van der Waals surface area contributed by atoms with Crippen LogP contribution in [0.15, 0.2) is 0 Å². The van der Waals surface area contributed by atoms with Crippen molar-refractivity contribution in [1.29, 1.82) is 0 Å². The highest BCUT2D eigenvalue weighted by Gasteiger charge is 2.35. The fourth-order valence-corrected chi connectivity index (χ4v) is 1.08. The minimum Gasteiger partial charge on any atom is -0.300 e. The predicted octanol–water partition coefficient (Wildman–Crippen LogP) is 2.71. The first-order valence-electron chi connectivity index (χ1n) is 4.48. The normalized spacial score (nSPS) is 19.9. The smallest absolute Gasteiger partial charge is 0.133 e. The number of likely N-dealkylation sites (tertiary alicyclic amines) is 1. The Morgan fingerprint density at radius 1 is 1.09 bits per heavy atom. The molecule has 0 spiro atoms. The molecule has 1 nitrogen and oxygen atoms in total. The van der Waals surface area contributed by atoms with Gasteiger partial charge in [0.1, 0.15) is 5.67 Å². The van der Waals surface area contributed by atoms with Crippen LogP contribution in [-0.2, 0) is 0 Å². The third-order valence-electron chi connectivity index (χ3n) is 1.20. The van der Waals surface area contributed by atoms with E-state index in [2.05, 4.69) is 0 Å². The molecule has 0 N–H and O–H groups in total. The molecule has 0 aromatic heterocycles. The first kappa shape index (κ1) is 13.5. The van der Waals surface area contributed by atoms with Gasteiger partial charge in [-0.2, -0.15) is 0 Å². The highest BCUT2D eigenvalue weighted by atomic mass is 19.1. The number of rotatable bonds is 0. The zero-order chi connectivity index (χ0) is 9.49. The zero-order valence-corrected chi connectivity index (χ0v) is 8.74. The van der Waals surface area contributed by atoms with Gasteiger partial charge in [0.15, 0.2) is 0 Å². The predicted molar refractivity (Wildman–Crippen MR) is 49.7 cm³/mol. The van der Waals surface area contributed by atoms with Crippen molar-refractivity contribution in [2.75, 3.05) is 20.1 Å². The number of hydrogen-bond acceptors (Lipinski definition) is 1. The van der Waals surface area contributed by atoms with E-state index in [9.17, 15) is 4.39 Å². The van der Waals surface area contributed by atoms with Gasteiger partial charge in [-0.25, -0.2) is 4.39 Å². The molecule has 0 amide bonds. The lowest BCUT2D eigenvalue weighted by Crippen LogP contribution is -2.54. The molecular weight excluding hydrogens is 141 g/mol. The van der Waals surface area contributed by atoms with Crippen LogP contribution in [0.4, 0.5) is 4.39 Å². The first-order chi connectivity index (χ1) is 5.10. The fourth-order valence-electron chi connectivity index (χ4n) is 1.08. The highest BCUT2D eigenvalue weighted by Crippen LogP contribution is 2.21. The minimum absolute atomic E-state index is 0.604. The molecule has 0 aromatic carbocycles. The Morgan fingerprint density at radius 3 is 1.36 bits per heavy atom. The Kier molecular flexibility index (Phi) is 8.08. The monoisotopic (exact) mass is 163 g/mol. The molecule has 1 aliphatic rings. The van der Waals surface area contributed by atoms with Crippen LogP contribution in [0, 0.1) is 0 Å². The SMILES string of the molecule is CC.CC.CN1CC(C)(F)C1. The van der Waals surface area contributed by atoms with E-state index in [1.54, 1.807) is 6.92 Å². The lowest BCUT2D eigenvalue weighted by molar-refractivity contribution is 0.00103. The van der Waals surface area contributed by atoms with Gasteiger partial charge in [-0.3, -0.25) is 4.90 Å². The maximum absolute atomic E-state index is 12.4. The van der Waals surface area contributed by atoms with Gasteiger partial charge in [0, 0.05) is 13.1 Å². The van der Waals surface area contributed by atoms with Crippen LogP contribution in [0.25, 0.3) is 0 Å². The Labute approximate surface area is 70.6 Å². The van der Waals surface area contributed by atoms with Gasteiger partial charge < -0.3 is 0 Å². The van der Waals surface area contributed by atoms with Gasteiger partial charge in [-0.1, -0.05) is 27.7 Å². The molecule has 0 unspecified atom stereocenters. The number of nitrogens with zero attached hydrogens (tertiary/aromatic N) is 1. The van der Waals surface area contributed by atoms with E-state index < -0.39 is 5.67 Å². The molecule has 0 radical (unpaired) electrons. The first-order valence-corrected chi connectivity index (χ1v) is 4.48. The highest BCUT2D eigenvalue weighted by molar-refractivity contribution is 4.89. The van der Waals surface area contributed by atoms with E-state index in [4.69, 9.17) is 0 Å². The summed E-state index contributed by atoms with van der Waals surface area (Å²) < 4.78 is 12.4. The van der Waals surface area contributed by atoms with Crippen molar-refractivity contribution >= 4 is 0 Å². The van der Waals surface area contributed by atoms with Gasteiger partial charge in [0.25, 0.3) is 0 Å². The maximum atomic E-state index is 12.4. The Bertz CT molecular complexity index is 73.6. The molecule has 0 saturated carbocycles. The maximum Gasteiger partial charge on any atom is 0.133 e. The van der Waals surface area contributed by atoms with Crippen LogP contribution >= 0.6 is 0 Å². The van der Waals surface area contributed by atoms with Crippen LogP contribution in [0.2, 0.25) is 0 Å². The van der Waals surface area contributed by atoms with Crippen molar-refractivity contribution in [1.82, 2.24) is 4.90 Å². The molecule has 0 aromatic rings. The molecule has 0 atom stereocenters. The summed E-state index contributed by atoms with van der Waals surface area (Å²) in [4.78, 5) is 1.96. The van der Waals surface area contributed by atoms with Gasteiger partial charge in [0.2, 0.25) is 0 Å². The van der Waals surface area contributed by atoms with Crippen molar-refractivity contribution in [3.05, 3.63) is 0 Å².